The van der Waals surface area contributed by atoms with Crippen molar-refractivity contribution < 1.29 is 27.5 Å². The minimum Gasteiger partial charge on any atom is -0.489 e. The van der Waals surface area contributed by atoms with E-state index in [1.54, 1.807) is 24.3 Å². The number of hydrogen-bond donors (Lipinski definition) is 2. The van der Waals surface area contributed by atoms with Gasteiger partial charge in [0.2, 0.25) is 0 Å². The van der Waals surface area contributed by atoms with Gasteiger partial charge in [0.25, 0.3) is 0 Å². The normalized spacial score (nSPS) is 11.5. The SMILES string of the molecule is O=C(N/N=C/c1ccc(OCc2cccc3ccccc23)cc1)C(=O)Nc1cc(C(F)(F)F)ccc1Cl. The second kappa shape index (κ2) is 11.1. The summed E-state index contributed by atoms with van der Waals surface area (Å²) in [5, 5.41) is 7.84. The van der Waals surface area contributed by atoms with E-state index < -0.39 is 23.6 Å². The molecule has 0 aromatic heterocycles. The first-order valence-electron chi connectivity index (χ1n) is 10.9. The van der Waals surface area contributed by atoms with Crippen molar-refractivity contribution in [1.29, 1.82) is 0 Å². The summed E-state index contributed by atoms with van der Waals surface area (Å²) in [4.78, 5) is 24.0. The van der Waals surface area contributed by atoms with Crippen LogP contribution in [0.15, 0.2) is 90.0 Å². The van der Waals surface area contributed by atoms with Crippen LogP contribution in [-0.2, 0) is 22.4 Å². The number of fused-ring (bicyclic) bond motifs is 1. The van der Waals surface area contributed by atoms with Gasteiger partial charge in [0.05, 0.1) is 22.5 Å². The molecule has 188 valence electrons. The Bertz CT molecular complexity index is 1470. The first-order chi connectivity index (χ1) is 17.7. The van der Waals surface area contributed by atoms with Crippen LogP contribution in [0.2, 0.25) is 5.02 Å². The highest BCUT2D eigenvalue weighted by Gasteiger charge is 2.31. The van der Waals surface area contributed by atoms with E-state index in [4.69, 9.17) is 16.3 Å². The lowest BCUT2D eigenvalue weighted by molar-refractivity contribution is -0.137. The number of hydrazone groups is 1. The Kier molecular flexibility index (Phi) is 7.74. The van der Waals surface area contributed by atoms with Gasteiger partial charge in [0.1, 0.15) is 12.4 Å². The van der Waals surface area contributed by atoms with E-state index in [1.807, 2.05) is 53.2 Å². The van der Waals surface area contributed by atoms with Gasteiger partial charge in [-0.1, -0.05) is 54.1 Å². The van der Waals surface area contributed by atoms with E-state index in [9.17, 15) is 22.8 Å². The third kappa shape index (κ3) is 6.65. The standard InChI is InChI=1S/C27H19ClF3N3O3/c28-23-13-10-20(27(29,30)31)14-24(23)33-25(35)26(36)34-32-15-17-8-11-21(12-9-17)37-16-19-6-3-5-18-4-1-2-7-22(18)19/h1-15H,16H2,(H,33,35)(H,34,36)/b32-15+. The Morgan fingerprint density at radius 2 is 1.65 bits per heavy atom. The molecule has 0 spiro atoms. The molecular formula is C27H19ClF3N3O3. The van der Waals surface area contributed by atoms with Gasteiger partial charge >= 0.3 is 18.0 Å². The molecule has 0 radical (unpaired) electrons. The molecular weight excluding hydrogens is 507 g/mol. The average molecular weight is 526 g/mol. The summed E-state index contributed by atoms with van der Waals surface area (Å²) in [6.45, 7) is 0.385. The number of amides is 2. The number of nitrogens with zero attached hydrogens (tertiary/aromatic N) is 1. The van der Waals surface area contributed by atoms with Crippen LogP contribution in [-0.4, -0.2) is 18.0 Å². The minimum atomic E-state index is -4.63. The lowest BCUT2D eigenvalue weighted by atomic mass is 10.1. The first kappa shape index (κ1) is 25.7. The van der Waals surface area contributed by atoms with E-state index in [1.165, 1.54) is 6.21 Å². The number of benzene rings is 4. The van der Waals surface area contributed by atoms with Crippen LogP contribution in [0.1, 0.15) is 16.7 Å². The molecule has 6 nitrogen and oxygen atoms in total. The number of alkyl halides is 3. The molecule has 4 rings (SSSR count). The maximum Gasteiger partial charge on any atom is 0.416 e. The quantitative estimate of drug-likeness (QED) is 0.179. The van der Waals surface area contributed by atoms with Crippen LogP contribution in [0.25, 0.3) is 10.8 Å². The molecule has 37 heavy (non-hydrogen) atoms. The fraction of sp³-hybridized carbons (Fsp3) is 0.0741. The van der Waals surface area contributed by atoms with Gasteiger partial charge in [-0.15, -0.1) is 0 Å². The summed E-state index contributed by atoms with van der Waals surface area (Å²) in [5.41, 5.74) is 2.31. The zero-order chi connectivity index (χ0) is 26.4. The summed E-state index contributed by atoms with van der Waals surface area (Å²) >= 11 is 5.82. The number of carbonyl (C=O) groups is 2. The van der Waals surface area contributed by atoms with Crippen LogP contribution >= 0.6 is 11.6 Å². The van der Waals surface area contributed by atoms with Gasteiger partial charge in [0.15, 0.2) is 0 Å². The van der Waals surface area contributed by atoms with Crippen molar-refractivity contribution in [2.24, 2.45) is 5.10 Å². The zero-order valence-corrected chi connectivity index (χ0v) is 19.8. The summed E-state index contributed by atoms with van der Waals surface area (Å²) in [6, 6.07) is 23.3. The van der Waals surface area contributed by atoms with Gasteiger partial charge in [-0.3, -0.25) is 9.59 Å². The van der Waals surface area contributed by atoms with E-state index in [0.29, 0.717) is 24.0 Å². The maximum atomic E-state index is 12.9. The molecule has 2 amide bonds. The van der Waals surface area contributed by atoms with Crippen LogP contribution in [0.3, 0.4) is 0 Å². The average Bonchev–Trinajstić information content (AvgIpc) is 2.88. The lowest BCUT2D eigenvalue weighted by Gasteiger charge is -2.11. The monoisotopic (exact) mass is 525 g/mol. The van der Waals surface area contributed by atoms with Crippen molar-refractivity contribution in [3.05, 3.63) is 107 Å². The number of carbonyl (C=O) groups excluding carboxylic acids is 2. The van der Waals surface area contributed by atoms with Crippen LogP contribution < -0.4 is 15.5 Å². The molecule has 0 bridgehead atoms. The summed E-state index contributed by atoms with van der Waals surface area (Å²) in [6.07, 6.45) is -3.33. The molecule has 0 fully saturated rings. The molecule has 0 aliphatic heterocycles. The molecule has 2 N–H and O–H groups in total. The molecule has 0 unspecified atom stereocenters. The predicted molar refractivity (Wildman–Crippen MR) is 136 cm³/mol. The number of rotatable bonds is 6. The van der Waals surface area contributed by atoms with Gasteiger partial charge in [-0.25, -0.2) is 5.43 Å². The topological polar surface area (TPSA) is 79.8 Å². The molecule has 0 aliphatic rings. The highest BCUT2D eigenvalue weighted by molar-refractivity contribution is 6.41. The number of nitrogens with one attached hydrogen (secondary N) is 2. The molecule has 0 heterocycles. The number of anilines is 1. The van der Waals surface area contributed by atoms with E-state index in [-0.39, 0.29) is 10.7 Å². The first-order valence-corrected chi connectivity index (χ1v) is 11.3. The second-order valence-corrected chi connectivity index (χ2v) is 8.25. The smallest absolute Gasteiger partial charge is 0.416 e. The molecule has 10 heteroatoms. The van der Waals surface area contributed by atoms with Crippen LogP contribution in [0, 0.1) is 0 Å². The predicted octanol–water partition coefficient (Wildman–Crippen LogP) is 6.18. The van der Waals surface area contributed by atoms with Gasteiger partial charge < -0.3 is 10.1 Å². The Morgan fingerprint density at radius 1 is 0.919 bits per heavy atom. The van der Waals surface area contributed by atoms with Crippen molar-refractivity contribution in [3.63, 3.8) is 0 Å². The van der Waals surface area contributed by atoms with Gasteiger partial charge in [0, 0.05) is 0 Å². The van der Waals surface area contributed by atoms with Crippen molar-refractivity contribution in [3.8, 4) is 5.75 Å². The van der Waals surface area contributed by atoms with Gasteiger partial charge in [-0.2, -0.15) is 18.3 Å². The highest BCUT2D eigenvalue weighted by Crippen LogP contribution is 2.33. The number of halogens is 4. The zero-order valence-electron chi connectivity index (χ0n) is 19.1. The number of ether oxygens (including phenoxy) is 1. The molecule has 0 atom stereocenters. The Hall–Kier alpha value is -4.37. The Labute approximate surface area is 214 Å². The molecule has 4 aromatic carbocycles. The third-order valence-corrected chi connectivity index (χ3v) is 5.61. The van der Waals surface area contributed by atoms with Crippen molar-refractivity contribution in [2.75, 3.05) is 5.32 Å². The van der Waals surface area contributed by atoms with Crippen molar-refractivity contribution in [2.45, 2.75) is 12.8 Å². The fourth-order valence-electron chi connectivity index (χ4n) is 3.42. The van der Waals surface area contributed by atoms with Crippen LogP contribution in [0.4, 0.5) is 18.9 Å². The minimum absolute atomic E-state index is 0.152. The maximum absolute atomic E-state index is 12.9. The summed E-state index contributed by atoms with van der Waals surface area (Å²) in [7, 11) is 0. The number of hydrogen-bond acceptors (Lipinski definition) is 4. The highest BCUT2D eigenvalue weighted by atomic mass is 35.5. The fourth-order valence-corrected chi connectivity index (χ4v) is 3.59. The Morgan fingerprint density at radius 3 is 2.41 bits per heavy atom. The summed E-state index contributed by atoms with van der Waals surface area (Å²) < 4.78 is 44.5. The van der Waals surface area contributed by atoms with Crippen molar-refractivity contribution in [1.82, 2.24) is 5.43 Å². The van der Waals surface area contributed by atoms with Crippen molar-refractivity contribution >= 4 is 46.1 Å². The largest absolute Gasteiger partial charge is 0.489 e. The molecule has 0 saturated heterocycles. The van der Waals surface area contributed by atoms with Crippen LogP contribution in [0.5, 0.6) is 5.75 Å². The van der Waals surface area contributed by atoms with Gasteiger partial charge in [-0.05, 0) is 64.4 Å². The van der Waals surface area contributed by atoms with E-state index >= 15 is 0 Å². The summed E-state index contributed by atoms with van der Waals surface area (Å²) in [5.74, 6) is -1.78. The Balaban J connectivity index is 1.30. The molecule has 0 aliphatic carbocycles. The third-order valence-electron chi connectivity index (χ3n) is 5.28. The molecule has 4 aromatic rings. The second-order valence-electron chi connectivity index (χ2n) is 7.84. The lowest BCUT2D eigenvalue weighted by Crippen LogP contribution is -2.32. The van der Waals surface area contributed by atoms with E-state index in [0.717, 1.165) is 28.5 Å². The molecule has 0 saturated carbocycles. The van der Waals surface area contributed by atoms with E-state index in [2.05, 4.69) is 5.10 Å².